The third-order valence-corrected chi connectivity index (χ3v) is 5.27. The molecule has 0 saturated heterocycles. The number of carbonyl (C=O) groups is 1. The lowest BCUT2D eigenvalue weighted by atomic mass is 9.85. The van der Waals surface area contributed by atoms with Crippen molar-refractivity contribution in [2.24, 2.45) is 5.92 Å². The molecule has 1 fully saturated rings. The van der Waals surface area contributed by atoms with Crippen LogP contribution in [-0.2, 0) is 17.8 Å². The molecule has 1 amide bonds. The monoisotopic (exact) mass is 352 g/mol. The molecular weight excluding hydrogens is 329 g/mol. The smallest absolute Gasteiger partial charge is 0.382 e. The Morgan fingerprint density at radius 3 is 2.56 bits per heavy atom. The Bertz CT molecular complexity index is 649. The van der Waals surface area contributed by atoms with Gasteiger partial charge in [-0.05, 0) is 61.4 Å². The summed E-state index contributed by atoms with van der Waals surface area (Å²) in [7, 11) is 0. The fourth-order valence-electron chi connectivity index (χ4n) is 3.76. The van der Waals surface area contributed by atoms with Gasteiger partial charge < -0.3 is 10.2 Å². The summed E-state index contributed by atoms with van der Waals surface area (Å²) in [4.78, 5) is 13.5. The fraction of sp³-hybridized carbons (Fsp3) is 0.526. The van der Waals surface area contributed by atoms with Crippen molar-refractivity contribution in [3.05, 3.63) is 42.0 Å². The third kappa shape index (κ3) is 4.17. The van der Waals surface area contributed by atoms with Crippen LogP contribution in [0.25, 0.3) is 0 Å². The van der Waals surface area contributed by atoms with Crippen molar-refractivity contribution in [3.63, 3.8) is 0 Å². The van der Waals surface area contributed by atoms with E-state index in [-0.39, 0.29) is 24.8 Å². The first-order chi connectivity index (χ1) is 11.9. The number of amides is 1. The summed E-state index contributed by atoms with van der Waals surface area (Å²) < 4.78 is 38.3. The molecule has 1 N–H and O–H groups in total. The van der Waals surface area contributed by atoms with E-state index in [4.69, 9.17) is 0 Å². The number of nitrogens with zero attached hydrogens (tertiary/aromatic N) is 1. The average Bonchev–Trinajstić information content (AvgIpc) is 2.60. The van der Waals surface area contributed by atoms with Gasteiger partial charge >= 0.3 is 6.18 Å². The van der Waals surface area contributed by atoms with E-state index in [0.29, 0.717) is 25.9 Å². The Morgan fingerprint density at radius 1 is 1.20 bits per heavy atom. The number of alkyl halides is 3. The van der Waals surface area contributed by atoms with E-state index in [2.05, 4.69) is 18.0 Å². The van der Waals surface area contributed by atoms with Crippen molar-refractivity contribution in [3.8, 4) is 0 Å². The van der Waals surface area contributed by atoms with Crippen molar-refractivity contribution < 1.29 is 18.0 Å². The molecule has 1 saturated carbocycles. The van der Waals surface area contributed by atoms with Crippen LogP contribution in [0.4, 0.5) is 18.9 Å². The first-order valence-corrected chi connectivity index (χ1v) is 8.73. The van der Waals surface area contributed by atoms with Crippen LogP contribution in [0.1, 0.15) is 36.8 Å². The second-order valence-electron chi connectivity index (χ2n) is 6.93. The lowest BCUT2D eigenvalue weighted by molar-refractivity contribution is -0.182. The van der Waals surface area contributed by atoms with Crippen molar-refractivity contribution in [2.75, 3.05) is 11.9 Å². The Labute approximate surface area is 145 Å². The van der Waals surface area contributed by atoms with Crippen LogP contribution in [0.3, 0.4) is 0 Å². The zero-order valence-corrected chi connectivity index (χ0v) is 14.1. The molecule has 3 rings (SSSR count). The number of carbonyl (C=O) groups excluding carboxylic acids is 1. The molecule has 3 nitrogen and oxygen atoms in total. The van der Waals surface area contributed by atoms with Gasteiger partial charge in [-0.1, -0.05) is 12.6 Å². The van der Waals surface area contributed by atoms with Crippen LogP contribution in [0.5, 0.6) is 0 Å². The van der Waals surface area contributed by atoms with Gasteiger partial charge in [-0.3, -0.25) is 4.79 Å². The summed E-state index contributed by atoms with van der Waals surface area (Å²) >= 11 is 0. The molecule has 0 bridgehead atoms. The Balaban J connectivity index is 1.62. The molecule has 2 aliphatic rings. The molecule has 0 spiro atoms. The van der Waals surface area contributed by atoms with Gasteiger partial charge in [-0.2, -0.15) is 13.2 Å². The van der Waals surface area contributed by atoms with Crippen molar-refractivity contribution in [1.29, 1.82) is 0 Å². The lowest BCUT2D eigenvalue weighted by Crippen LogP contribution is -2.35. The summed E-state index contributed by atoms with van der Waals surface area (Å²) in [6.45, 7) is 4.77. The minimum atomic E-state index is -4.07. The molecule has 0 atom stereocenters. The van der Waals surface area contributed by atoms with Crippen LogP contribution in [0.15, 0.2) is 30.9 Å². The van der Waals surface area contributed by atoms with Crippen molar-refractivity contribution in [1.82, 2.24) is 4.90 Å². The van der Waals surface area contributed by atoms with Gasteiger partial charge in [0.2, 0.25) is 5.91 Å². The van der Waals surface area contributed by atoms with Gasteiger partial charge in [0, 0.05) is 24.8 Å². The molecule has 1 aromatic carbocycles. The van der Waals surface area contributed by atoms with Crippen LogP contribution in [0, 0.1) is 5.92 Å². The van der Waals surface area contributed by atoms with Crippen molar-refractivity contribution >= 4 is 11.6 Å². The molecule has 0 radical (unpaired) electrons. The minimum Gasteiger partial charge on any atom is -0.382 e. The predicted octanol–water partition coefficient (Wildman–Crippen LogP) is 4.29. The molecular formula is C19H23F3N2O. The van der Waals surface area contributed by atoms with Crippen molar-refractivity contribution in [2.45, 2.75) is 50.9 Å². The number of fused-ring (bicyclic) bond motifs is 1. The highest BCUT2D eigenvalue weighted by molar-refractivity contribution is 5.87. The number of hydrogen-bond acceptors (Lipinski definition) is 2. The summed E-state index contributed by atoms with van der Waals surface area (Å²) in [5.41, 5.74) is 3.23. The van der Waals surface area contributed by atoms with Crippen LogP contribution in [-0.4, -0.2) is 29.6 Å². The van der Waals surface area contributed by atoms with E-state index < -0.39 is 12.1 Å². The van der Waals surface area contributed by atoms with E-state index in [1.807, 2.05) is 12.1 Å². The van der Waals surface area contributed by atoms with Gasteiger partial charge in [0.25, 0.3) is 0 Å². The Kier molecular flexibility index (Phi) is 5.06. The van der Waals surface area contributed by atoms with Crippen LogP contribution in [0.2, 0.25) is 0 Å². The zero-order valence-electron chi connectivity index (χ0n) is 14.1. The number of halogens is 3. The van der Waals surface area contributed by atoms with E-state index in [1.165, 1.54) is 11.6 Å². The van der Waals surface area contributed by atoms with Crippen LogP contribution >= 0.6 is 0 Å². The topological polar surface area (TPSA) is 32.3 Å². The standard InChI is InChI=1S/C19H23F3N2O/c1-2-18(25)24-10-9-13-3-6-17(11-14(13)12-24)23-16-7-4-15(5-8-16)19(20,21)22/h2-3,6,11,15-16,23H,1,4-5,7-10,12H2. The fourth-order valence-corrected chi connectivity index (χ4v) is 3.76. The van der Waals surface area contributed by atoms with Gasteiger partial charge in [0.1, 0.15) is 0 Å². The first kappa shape index (κ1) is 17.8. The Morgan fingerprint density at radius 2 is 1.92 bits per heavy atom. The second kappa shape index (κ2) is 7.10. The molecule has 136 valence electrons. The maximum Gasteiger partial charge on any atom is 0.391 e. The molecule has 1 aromatic rings. The highest BCUT2D eigenvalue weighted by Gasteiger charge is 2.41. The van der Waals surface area contributed by atoms with Gasteiger partial charge in [-0.15, -0.1) is 0 Å². The van der Waals surface area contributed by atoms with E-state index in [1.54, 1.807) is 4.90 Å². The van der Waals surface area contributed by atoms with Gasteiger partial charge in [0.05, 0.1) is 5.92 Å². The maximum atomic E-state index is 12.8. The molecule has 25 heavy (non-hydrogen) atoms. The molecule has 0 aromatic heterocycles. The highest BCUT2D eigenvalue weighted by Crippen LogP contribution is 2.38. The number of nitrogens with one attached hydrogen (secondary N) is 1. The summed E-state index contributed by atoms with van der Waals surface area (Å²) in [6, 6.07) is 6.13. The minimum absolute atomic E-state index is 0.0746. The van der Waals surface area contributed by atoms with Gasteiger partial charge in [0.15, 0.2) is 0 Å². The largest absolute Gasteiger partial charge is 0.391 e. The lowest BCUT2D eigenvalue weighted by Gasteiger charge is -2.32. The summed E-state index contributed by atoms with van der Waals surface area (Å²) in [6.07, 6.45) is -0.498. The SMILES string of the molecule is C=CC(=O)N1CCc2ccc(NC3CCC(C(F)(F)F)CC3)cc2C1. The molecule has 6 heteroatoms. The molecule has 1 aliphatic carbocycles. The highest BCUT2D eigenvalue weighted by atomic mass is 19.4. The predicted molar refractivity (Wildman–Crippen MR) is 91.2 cm³/mol. The second-order valence-corrected chi connectivity index (χ2v) is 6.93. The zero-order chi connectivity index (χ0) is 18.0. The Hall–Kier alpha value is -1.98. The first-order valence-electron chi connectivity index (χ1n) is 8.73. The quantitative estimate of drug-likeness (QED) is 0.823. The summed E-state index contributed by atoms with van der Waals surface area (Å²) in [5, 5.41) is 3.37. The molecule has 0 unspecified atom stereocenters. The van der Waals surface area contributed by atoms with Crippen LogP contribution < -0.4 is 5.32 Å². The van der Waals surface area contributed by atoms with E-state index in [9.17, 15) is 18.0 Å². The molecule has 1 heterocycles. The average molecular weight is 352 g/mol. The van der Waals surface area contributed by atoms with E-state index in [0.717, 1.165) is 17.7 Å². The normalized spacial score (nSPS) is 23.7. The summed E-state index contributed by atoms with van der Waals surface area (Å²) in [5.74, 6) is -1.23. The van der Waals surface area contributed by atoms with Gasteiger partial charge in [-0.25, -0.2) is 0 Å². The number of anilines is 1. The molecule has 1 aliphatic heterocycles. The number of benzene rings is 1. The maximum absolute atomic E-state index is 12.8. The van der Waals surface area contributed by atoms with E-state index >= 15 is 0 Å². The number of hydrogen-bond donors (Lipinski definition) is 1. The number of rotatable bonds is 3. The third-order valence-electron chi connectivity index (χ3n) is 5.27.